The van der Waals surface area contributed by atoms with E-state index in [9.17, 15) is 9.59 Å². The summed E-state index contributed by atoms with van der Waals surface area (Å²) < 4.78 is 5.11. The number of carbonyl (C=O) groups is 2. The molecule has 0 spiro atoms. The molecular formula is C12H14O3. The second kappa shape index (κ2) is 4.26. The molecular weight excluding hydrogens is 192 g/mol. The van der Waals surface area contributed by atoms with E-state index < -0.39 is 0 Å². The molecule has 1 rings (SSSR count). The number of ether oxygens (including phenoxy) is 1. The van der Waals surface area contributed by atoms with Crippen molar-refractivity contribution in [3.63, 3.8) is 0 Å². The number of ketones is 2. The molecule has 0 unspecified atom stereocenters. The molecule has 0 aliphatic carbocycles. The van der Waals surface area contributed by atoms with Gasteiger partial charge >= 0.3 is 0 Å². The zero-order valence-electron chi connectivity index (χ0n) is 9.38. The maximum absolute atomic E-state index is 11.4. The van der Waals surface area contributed by atoms with Gasteiger partial charge < -0.3 is 4.74 Å². The summed E-state index contributed by atoms with van der Waals surface area (Å²) in [4.78, 5) is 22.7. The largest absolute Gasteiger partial charge is 0.495 e. The van der Waals surface area contributed by atoms with Crippen molar-refractivity contribution in [2.45, 2.75) is 20.8 Å². The van der Waals surface area contributed by atoms with Crippen LogP contribution in [0.2, 0.25) is 0 Å². The normalized spacial score (nSPS) is 9.87. The molecule has 0 N–H and O–H groups in total. The fourth-order valence-electron chi connectivity index (χ4n) is 1.52. The molecule has 0 radical (unpaired) electrons. The van der Waals surface area contributed by atoms with Crippen molar-refractivity contribution >= 4 is 11.6 Å². The summed E-state index contributed by atoms with van der Waals surface area (Å²) >= 11 is 0. The van der Waals surface area contributed by atoms with Gasteiger partial charge in [-0.2, -0.15) is 0 Å². The Bertz CT molecular complexity index is 384. The van der Waals surface area contributed by atoms with Gasteiger partial charge in [-0.25, -0.2) is 0 Å². The molecule has 0 saturated heterocycles. The molecule has 15 heavy (non-hydrogen) atoms. The van der Waals surface area contributed by atoms with E-state index in [1.807, 2.05) is 6.92 Å². The van der Waals surface area contributed by atoms with Crippen molar-refractivity contribution in [1.29, 1.82) is 0 Å². The molecule has 0 saturated carbocycles. The number of rotatable bonds is 3. The lowest BCUT2D eigenvalue weighted by Crippen LogP contribution is -2.05. The summed E-state index contributed by atoms with van der Waals surface area (Å²) in [5.41, 5.74) is 1.80. The molecule has 1 aromatic carbocycles. The number of carbonyl (C=O) groups excluding carboxylic acids is 2. The summed E-state index contributed by atoms with van der Waals surface area (Å²) in [7, 11) is 1.46. The van der Waals surface area contributed by atoms with Crippen molar-refractivity contribution < 1.29 is 14.3 Å². The van der Waals surface area contributed by atoms with E-state index in [0.29, 0.717) is 16.9 Å². The summed E-state index contributed by atoms with van der Waals surface area (Å²) in [6, 6.07) is 3.46. The van der Waals surface area contributed by atoms with E-state index >= 15 is 0 Å². The monoisotopic (exact) mass is 206 g/mol. The van der Waals surface area contributed by atoms with Gasteiger partial charge in [-0.3, -0.25) is 9.59 Å². The molecule has 0 heterocycles. The minimum Gasteiger partial charge on any atom is -0.495 e. The first kappa shape index (κ1) is 11.4. The van der Waals surface area contributed by atoms with Gasteiger partial charge in [0.15, 0.2) is 11.6 Å². The van der Waals surface area contributed by atoms with Gasteiger partial charge in [-0.05, 0) is 38.5 Å². The third-order valence-corrected chi connectivity index (χ3v) is 2.20. The van der Waals surface area contributed by atoms with Crippen molar-refractivity contribution in [3.8, 4) is 5.75 Å². The van der Waals surface area contributed by atoms with Gasteiger partial charge in [0, 0.05) is 0 Å². The molecule has 0 bridgehead atoms. The van der Waals surface area contributed by atoms with Crippen molar-refractivity contribution in [3.05, 3.63) is 28.8 Å². The van der Waals surface area contributed by atoms with Gasteiger partial charge in [0.2, 0.25) is 0 Å². The van der Waals surface area contributed by atoms with Crippen LogP contribution in [0.15, 0.2) is 12.1 Å². The number of hydrogen-bond donors (Lipinski definition) is 0. The highest BCUT2D eigenvalue weighted by Gasteiger charge is 2.16. The van der Waals surface area contributed by atoms with E-state index in [0.717, 1.165) is 5.56 Å². The summed E-state index contributed by atoms with van der Waals surface area (Å²) in [5, 5.41) is 0. The first-order chi connectivity index (χ1) is 6.97. The number of aryl methyl sites for hydroxylation is 1. The quantitative estimate of drug-likeness (QED) is 0.713. The third kappa shape index (κ3) is 2.24. The first-order valence-electron chi connectivity index (χ1n) is 4.68. The second-order valence-corrected chi connectivity index (χ2v) is 3.51. The van der Waals surface area contributed by atoms with Crippen LogP contribution in [0.4, 0.5) is 0 Å². The number of Topliss-reactive ketones (excluding diaryl/α,β-unsaturated/α-hetero) is 2. The lowest BCUT2D eigenvalue weighted by Gasteiger charge is -2.11. The fraction of sp³-hybridized carbons (Fsp3) is 0.333. The Kier molecular flexibility index (Phi) is 3.24. The maximum Gasteiger partial charge on any atom is 0.163 e. The summed E-state index contributed by atoms with van der Waals surface area (Å²) in [5.74, 6) is 0.178. The van der Waals surface area contributed by atoms with Gasteiger partial charge in [0.1, 0.15) is 5.75 Å². The van der Waals surface area contributed by atoms with Crippen LogP contribution < -0.4 is 4.74 Å². The van der Waals surface area contributed by atoms with Crippen LogP contribution in [-0.4, -0.2) is 18.7 Å². The molecule has 0 aliphatic heterocycles. The van der Waals surface area contributed by atoms with E-state index in [1.165, 1.54) is 21.0 Å². The van der Waals surface area contributed by atoms with E-state index in [2.05, 4.69) is 0 Å². The molecule has 0 fully saturated rings. The Labute approximate surface area is 89.1 Å². The van der Waals surface area contributed by atoms with Crippen LogP contribution in [0.1, 0.15) is 40.1 Å². The molecule has 0 aromatic heterocycles. The Morgan fingerprint density at radius 3 is 1.73 bits per heavy atom. The van der Waals surface area contributed by atoms with E-state index in [1.54, 1.807) is 12.1 Å². The van der Waals surface area contributed by atoms with Crippen LogP contribution in [0.25, 0.3) is 0 Å². The van der Waals surface area contributed by atoms with Gasteiger partial charge in [0.05, 0.1) is 18.2 Å². The topological polar surface area (TPSA) is 43.4 Å². The number of hydrogen-bond acceptors (Lipinski definition) is 3. The maximum atomic E-state index is 11.4. The summed E-state index contributed by atoms with van der Waals surface area (Å²) in [6.07, 6.45) is 0. The molecule has 0 amide bonds. The van der Waals surface area contributed by atoms with E-state index in [4.69, 9.17) is 4.74 Å². The van der Waals surface area contributed by atoms with Crippen molar-refractivity contribution in [2.75, 3.05) is 7.11 Å². The van der Waals surface area contributed by atoms with Crippen LogP contribution in [0, 0.1) is 6.92 Å². The third-order valence-electron chi connectivity index (χ3n) is 2.20. The molecule has 3 heteroatoms. The molecule has 0 aliphatic rings. The van der Waals surface area contributed by atoms with Crippen LogP contribution in [0.3, 0.4) is 0 Å². The standard InChI is InChI=1S/C12H14O3/c1-7-5-10(8(2)13)12(15-4)11(6-7)9(3)14/h5-6H,1-4H3. The second-order valence-electron chi connectivity index (χ2n) is 3.51. The zero-order chi connectivity index (χ0) is 11.6. The SMILES string of the molecule is COc1c(C(C)=O)cc(C)cc1C(C)=O. The Morgan fingerprint density at radius 2 is 1.47 bits per heavy atom. The highest BCUT2D eigenvalue weighted by Crippen LogP contribution is 2.26. The molecule has 0 atom stereocenters. The molecule has 3 nitrogen and oxygen atoms in total. The Morgan fingerprint density at radius 1 is 1.07 bits per heavy atom. The smallest absolute Gasteiger partial charge is 0.163 e. The molecule has 1 aromatic rings. The highest BCUT2D eigenvalue weighted by atomic mass is 16.5. The Balaban J connectivity index is 3.52. The Hall–Kier alpha value is -1.64. The van der Waals surface area contributed by atoms with Crippen molar-refractivity contribution in [1.82, 2.24) is 0 Å². The lowest BCUT2D eigenvalue weighted by molar-refractivity contribution is 0.101. The fourth-order valence-corrected chi connectivity index (χ4v) is 1.52. The average molecular weight is 206 g/mol. The average Bonchev–Trinajstić information content (AvgIpc) is 2.16. The minimum absolute atomic E-state index is 0.0990. The summed E-state index contributed by atoms with van der Waals surface area (Å²) in [6.45, 7) is 4.76. The lowest BCUT2D eigenvalue weighted by atomic mass is 10.00. The minimum atomic E-state index is -0.0990. The zero-order valence-corrected chi connectivity index (χ0v) is 9.38. The van der Waals surface area contributed by atoms with Gasteiger partial charge in [0.25, 0.3) is 0 Å². The number of benzene rings is 1. The predicted octanol–water partition coefficient (Wildman–Crippen LogP) is 2.41. The van der Waals surface area contributed by atoms with Crippen LogP contribution in [-0.2, 0) is 0 Å². The van der Waals surface area contributed by atoms with Gasteiger partial charge in [-0.1, -0.05) is 0 Å². The first-order valence-corrected chi connectivity index (χ1v) is 4.68. The van der Waals surface area contributed by atoms with Crippen LogP contribution >= 0.6 is 0 Å². The van der Waals surface area contributed by atoms with Gasteiger partial charge in [-0.15, -0.1) is 0 Å². The predicted molar refractivity (Wildman–Crippen MR) is 57.7 cm³/mol. The van der Waals surface area contributed by atoms with Crippen LogP contribution in [0.5, 0.6) is 5.75 Å². The van der Waals surface area contributed by atoms with Crippen molar-refractivity contribution in [2.24, 2.45) is 0 Å². The van der Waals surface area contributed by atoms with E-state index in [-0.39, 0.29) is 11.6 Å². The number of methoxy groups -OCH3 is 1. The highest BCUT2D eigenvalue weighted by molar-refractivity contribution is 6.04. The molecule has 80 valence electrons.